The van der Waals surface area contributed by atoms with E-state index in [1.165, 1.54) is 49.6 Å². The van der Waals surface area contributed by atoms with E-state index in [0.29, 0.717) is 84.2 Å². The molecule has 4 aromatic rings. The molecule has 0 saturated carbocycles. The van der Waals surface area contributed by atoms with Crippen LogP contribution in [0.15, 0.2) is 133 Å². The van der Waals surface area contributed by atoms with Crippen LogP contribution in [-0.4, -0.2) is 82.1 Å². The van der Waals surface area contributed by atoms with Gasteiger partial charge in [0.25, 0.3) is 0 Å². The molecule has 0 bridgehead atoms. The molecular weight excluding hydrogens is 1080 g/mol. The number of carbonyl (C=O) groups is 1. The van der Waals surface area contributed by atoms with E-state index >= 15 is 0 Å². The molecule has 0 fully saturated rings. The van der Waals surface area contributed by atoms with Gasteiger partial charge in [0.2, 0.25) is 0 Å². The average Bonchev–Trinajstić information content (AvgIpc) is 3.38. The van der Waals surface area contributed by atoms with E-state index in [4.69, 9.17) is 43.4 Å². The van der Waals surface area contributed by atoms with E-state index in [0.717, 1.165) is 25.5 Å². The van der Waals surface area contributed by atoms with Crippen LogP contribution >= 0.6 is 45.6 Å². The van der Waals surface area contributed by atoms with Gasteiger partial charge < -0.3 is 70.5 Å². The molecule has 15 nitrogen and oxygen atoms in total. The maximum atomic E-state index is 12.9. The van der Waals surface area contributed by atoms with Crippen LogP contribution in [0.3, 0.4) is 0 Å². The quantitative estimate of drug-likeness (QED) is 0.0117. The SMILES string of the molecule is C=C(/C=C\C(=C/CC=O)NC(=S)NCCCCCOC(C)CNC(=S)Nc1ccc(C(O)(c2ccc(O)cc2OC)C2(C)C=CC(O)=CC2)c(I=O)c1)C1(OC)c2ccc(O)cc2Oc2cc(O)ccc21.CC. The largest absolute Gasteiger partial charge is 0.508 e. The van der Waals surface area contributed by atoms with Crippen molar-refractivity contribution in [2.24, 2.45) is 5.41 Å². The summed E-state index contributed by atoms with van der Waals surface area (Å²) < 4.78 is 37.2. The lowest BCUT2D eigenvalue weighted by atomic mass is 9.63. The number of aldehydes is 1. The number of aliphatic hydroxyl groups is 2. The molecule has 1 aliphatic heterocycles. The van der Waals surface area contributed by atoms with Crippen molar-refractivity contribution < 1.29 is 52.3 Å². The van der Waals surface area contributed by atoms with Gasteiger partial charge in [0.05, 0.1) is 16.8 Å². The molecule has 2 aliphatic rings. The lowest BCUT2D eigenvalue weighted by Crippen LogP contribution is -2.45. The normalized spacial score (nSPS) is 16.7. The number of allylic oxidation sites excluding steroid dienone is 4. The predicted molar refractivity (Wildman–Crippen MR) is 300 cm³/mol. The first kappa shape index (κ1) is 57.7. The molecular formula is C55H65IN4O11S2. The molecule has 3 atom stereocenters. The lowest BCUT2D eigenvalue weighted by Gasteiger charge is -2.45. The molecule has 0 radical (unpaired) electrons. The van der Waals surface area contributed by atoms with Gasteiger partial charge in [-0.15, -0.1) is 0 Å². The number of benzene rings is 4. The Morgan fingerprint density at radius 1 is 0.890 bits per heavy atom. The first-order valence-electron chi connectivity index (χ1n) is 23.7. The number of nitrogens with one attached hydrogen (secondary N) is 4. The topological polar surface area (TPSA) is 220 Å². The van der Waals surface area contributed by atoms with E-state index in [2.05, 4.69) is 27.8 Å². The predicted octanol–water partition coefficient (Wildman–Crippen LogP) is 10.6. The van der Waals surface area contributed by atoms with Crippen LogP contribution in [-0.2, 0) is 28.5 Å². The molecule has 1 aliphatic carbocycles. The number of aromatic hydroxyl groups is 3. The zero-order valence-corrected chi connectivity index (χ0v) is 45.6. The number of ether oxygens (including phenoxy) is 4. The van der Waals surface area contributed by atoms with E-state index in [1.807, 2.05) is 27.7 Å². The third kappa shape index (κ3) is 13.7. The van der Waals surface area contributed by atoms with Crippen molar-refractivity contribution in [3.63, 3.8) is 0 Å². The van der Waals surface area contributed by atoms with Crippen LogP contribution in [0, 0.1) is 8.99 Å². The van der Waals surface area contributed by atoms with Gasteiger partial charge in [0.1, 0.15) is 57.7 Å². The standard InChI is InChI=1S/C53H59IN4O11S2.C2H6/c1-33(52(67-5)42-18-14-39(62)30-47(42)69-48-31-40(63)15-19-43(48)52)11-12-35(10-9-26-59)57-49(70)55-25-7-6-8-27-68-34(2)32-56-50(71)58-36-13-17-41(45(28-36)54-65)53(64,51(3)23-21-37(60)22-24-51)44-20-16-38(61)29-46(44)66-4;1-2/h10-23,26,28-31,34,60-64H,1,6-9,24-25,27,32H2,2-5H3,(H2,55,57,70)(H2,56,58,71);1-2H3/b12-11-,35-10+;. The fraction of sp³-hybridized carbons (Fsp3) is 0.327. The Balaban J connectivity index is 0.00000488. The first-order valence-corrected chi connectivity index (χ1v) is 26.5. The van der Waals surface area contributed by atoms with Crippen molar-refractivity contribution in [2.45, 2.75) is 77.1 Å². The third-order valence-corrected chi connectivity index (χ3v) is 14.2. The Hall–Kier alpha value is -6.16. The summed E-state index contributed by atoms with van der Waals surface area (Å²) in [5.41, 5.74) is -0.420. The maximum Gasteiger partial charge on any atom is 0.182 e. The third-order valence-electron chi connectivity index (χ3n) is 12.3. The highest BCUT2D eigenvalue weighted by Gasteiger charge is 2.51. The molecule has 0 amide bonds. The molecule has 3 unspecified atom stereocenters. The molecule has 18 heteroatoms. The van der Waals surface area contributed by atoms with Crippen molar-refractivity contribution in [1.82, 2.24) is 16.0 Å². The average molecular weight is 1150 g/mol. The fourth-order valence-electron chi connectivity index (χ4n) is 8.59. The number of rotatable bonds is 22. The highest BCUT2D eigenvalue weighted by Crippen LogP contribution is 2.55. The zero-order valence-electron chi connectivity index (χ0n) is 41.8. The number of phenolic OH excluding ortho intramolecular Hbond substituents is 3. The van der Waals surface area contributed by atoms with Crippen molar-refractivity contribution in [3.05, 3.63) is 159 Å². The van der Waals surface area contributed by atoms with Crippen molar-refractivity contribution >= 4 is 67.8 Å². The highest BCUT2D eigenvalue weighted by molar-refractivity contribution is 14.1. The molecule has 1 heterocycles. The molecule has 0 aromatic heterocycles. The summed E-state index contributed by atoms with van der Waals surface area (Å²) in [7, 11) is 2.99. The van der Waals surface area contributed by atoms with E-state index in [1.54, 1.807) is 73.9 Å². The Labute approximate surface area is 448 Å². The number of unbranched alkanes of at least 4 members (excludes halogenated alkanes) is 2. The monoisotopic (exact) mass is 1150 g/mol. The zero-order chi connectivity index (χ0) is 53.3. The molecule has 4 aromatic carbocycles. The number of aliphatic hydroxyl groups excluding tert-OH is 1. The van der Waals surface area contributed by atoms with Crippen molar-refractivity contribution in [3.8, 4) is 34.5 Å². The highest BCUT2D eigenvalue weighted by atomic mass is 127. The summed E-state index contributed by atoms with van der Waals surface area (Å²) in [4.78, 5) is 11.4. The second-order valence-electron chi connectivity index (χ2n) is 17.2. The number of anilines is 1. The van der Waals surface area contributed by atoms with Gasteiger partial charge >= 0.3 is 0 Å². The molecule has 6 rings (SSSR count). The van der Waals surface area contributed by atoms with Gasteiger partial charge in [0.15, 0.2) is 31.4 Å². The van der Waals surface area contributed by atoms with Crippen LogP contribution in [0.5, 0.6) is 34.5 Å². The van der Waals surface area contributed by atoms with E-state index < -0.39 is 37.8 Å². The van der Waals surface area contributed by atoms with Crippen LogP contribution < -0.4 is 30.7 Å². The van der Waals surface area contributed by atoms with Crippen LogP contribution in [0.1, 0.15) is 82.1 Å². The first-order chi connectivity index (χ1) is 35.0. The van der Waals surface area contributed by atoms with Gasteiger partial charge in [-0.3, -0.25) is 3.07 Å². The second-order valence-corrected chi connectivity index (χ2v) is 19.6. The molecule has 0 saturated heterocycles. The van der Waals surface area contributed by atoms with Gasteiger partial charge in [-0.25, -0.2) is 0 Å². The Morgan fingerprint density at radius 2 is 1.55 bits per heavy atom. The number of methoxy groups -OCH3 is 2. The van der Waals surface area contributed by atoms with E-state index in [-0.39, 0.29) is 47.7 Å². The van der Waals surface area contributed by atoms with Crippen LogP contribution in [0.25, 0.3) is 0 Å². The summed E-state index contributed by atoms with van der Waals surface area (Å²) in [6.07, 6.45) is 13.6. The number of halogens is 1. The molecule has 0 spiro atoms. The van der Waals surface area contributed by atoms with Crippen LogP contribution in [0.4, 0.5) is 5.69 Å². The molecule has 9 N–H and O–H groups in total. The maximum absolute atomic E-state index is 12.9. The summed E-state index contributed by atoms with van der Waals surface area (Å²) in [6.45, 7) is 13.7. The number of thiocarbonyl (C=S) groups is 2. The summed E-state index contributed by atoms with van der Waals surface area (Å²) >= 11 is 9.37. The minimum Gasteiger partial charge on any atom is -0.508 e. The number of fused-ring (bicyclic) bond motifs is 2. The number of carbonyl (C=O) groups excluding carboxylic acids is 1. The van der Waals surface area contributed by atoms with Crippen molar-refractivity contribution in [1.29, 1.82) is 0 Å². The van der Waals surface area contributed by atoms with Gasteiger partial charge in [-0.1, -0.05) is 51.6 Å². The summed E-state index contributed by atoms with van der Waals surface area (Å²) in [5, 5.41) is 67.0. The smallest absolute Gasteiger partial charge is 0.182 e. The minimum atomic E-state index is -1.81. The van der Waals surface area contributed by atoms with E-state index in [9.17, 15) is 33.4 Å². The summed E-state index contributed by atoms with van der Waals surface area (Å²) in [5.74, 6) is 0.970. The second kappa shape index (κ2) is 26.7. The minimum absolute atomic E-state index is 0.000808. The Bertz CT molecular complexity index is 2730. The van der Waals surface area contributed by atoms with Crippen LogP contribution in [0.2, 0.25) is 0 Å². The fourth-order valence-corrected chi connectivity index (χ4v) is 10.3. The van der Waals surface area contributed by atoms with Gasteiger partial charge in [-0.05, 0) is 129 Å². The lowest BCUT2D eigenvalue weighted by molar-refractivity contribution is -0.107. The number of hydrogen-bond acceptors (Lipinski definition) is 13. The van der Waals surface area contributed by atoms with Crippen molar-refractivity contribution in [2.75, 3.05) is 39.2 Å². The molecule has 73 heavy (non-hydrogen) atoms. The van der Waals surface area contributed by atoms with Gasteiger partial charge in [-0.2, -0.15) is 0 Å². The Morgan fingerprint density at radius 3 is 2.16 bits per heavy atom. The van der Waals surface area contributed by atoms with Gasteiger partial charge in [0, 0.05) is 90.5 Å². The number of hydrogen-bond donors (Lipinski definition) is 9. The number of phenols is 3. The Kier molecular flexibility index (Phi) is 21.1. The molecule has 390 valence electrons. The summed E-state index contributed by atoms with van der Waals surface area (Å²) in [6, 6.07) is 19.0.